The first-order valence-electron chi connectivity index (χ1n) is 7.72. The monoisotopic (exact) mass is 377 g/mol. The van der Waals surface area contributed by atoms with E-state index in [4.69, 9.17) is 17.3 Å². The van der Waals surface area contributed by atoms with Gasteiger partial charge in [-0.05, 0) is 18.9 Å². The fourth-order valence-electron chi connectivity index (χ4n) is 2.55. The molecule has 1 heterocycles. The Kier molecular flexibility index (Phi) is 6.14. The Morgan fingerprint density at radius 2 is 2.08 bits per heavy atom. The number of rotatable bonds is 5. The molecule has 1 aromatic rings. The Balaban J connectivity index is 2.10. The van der Waals surface area contributed by atoms with E-state index in [0.29, 0.717) is 25.9 Å². The van der Waals surface area contributed by atoms with E-state index in [9.17, 15) is 25.0 Å². The van der Waals surface area contributed by atoms with Crippen molar-refractivity contribution < 1.29 is 14.5 Å². The van der Waals surface area contributed by atoms with Crippen LogP contribution < -0.4 is 11.1 Å². The van der Waals surface area contributed by atoms with Crippen LogP contribution in [0.25, 0.3) is 0 Å². The molecular weight excluding hydrogens is 362 g/mol. The maximum atomic E-state index is 12.3. The van der Waals surface area contributed by atoms with Crippen LogP contribution in [0.15, 0.2) is 30.0 Å². The molecule has 3 N–H and O–H groups in total. The Morgan fingerprint density at radius 1 is 1.42 bits per heavy atom. The largest absolute Gasteiger partial charge is 0.376 e. The number of nitro groups is 1. The van der Waals surface area contributed by atoms with Gasteiger partial charge in [0, 0.05) is 37.3 Å². The van der Waals surface area contributed by atoms with E-state index in [0.717, 1.165) is 6.07 Å². The van der Waals surface area contributed by atoms with Crippen molar-refractivity contribution in [2.45, 2.75) is 12.8 Å². The fraction of sp³-hybridized carbons (Fsp3) is 0.312. The molecule has 0 radical (unpaired) electrons. The smallest absolute Gasteiger partial charge is 0.271 e. The van der Waals surface area contributed by atoms with Gasteiger partial charge in [0.2, 0.25) is 5.91 Å². The number of hydrogen-bond donors (Lipinski definition) is 2. The summed E-state index contributed by atoms with van der Waals surface area (Å²) in [6.45, 7) is 0.979. The van der Waals surface area contributed by atoms with Crippen LogP contribution in [-0.2, 0) is 9.59 Å². The average Bonchev–Trinajstić information content (AvgIpc) is 2.61. The molecule has 2 rings (SSSR count). The van der Waals surface area contributed by atoms with Gasteiger partial charge in [-0.15, -0.1) is 0 Å². The van der Waals surface area contributed by atoms with Crippen molar-refractivity contribution >= 4 is 34.8 Å². The van der Waals surface area contributed by atoms with Gasteiger partial charge in [0.25, 0.3) is 11.6 Å². The SMILES string of the molecule is N#C/C(=C/N1CCC(C(N)=O)CC1)C(=O)Nc1cc([N+](=O)[O-])ccc1Cl. The third kappa shape index (κ3) is 4.70. The van der Waals surface area contributed by atoms with Crippen LogP contribution in [0.5, 0.6) is 0 Å². The molecule has 9 nitrogen and oxygen atoms in total. The molecule has 0 saturated carbocycles. The number of nitrogens with two attached hydrogens (primary N) is 1. The number of halogens is 1. The van der Waals surface area contributed by atoms with E-state index in [1.165, 1.54) is 18.3 Å². The summed E-state index contributed by atoms with van der Waals surface area (Å²) in [4.78, 5) is 35.4. The predicted molar refractivity (Wildman–Crippen MR) is 93.9 cm³/mol. The molecule has 26 heavy (non-hydrogen) atoms. The van der Waals surface area contributed by atoms with Gasteiger partial charge in [-0.3, -0.25) is 19.7 Å². The number of piperidine rings is 1. The minimum atomic E-state index is -0.730. The number of amides is 2. The molecule has 10 heteroatoms. The molecule has 0 bridgehead atoms. The van der Waals surface area contributed by atoms with Crippen molar-refractivity contribution in [1.82, 2.24) is 4.90 Å². The van der Waals surface area contributed by atoms with Gasteiger partial charge in [-0.25, -0.2) is 0 Å². The number of non-ortho nitro benzene ring substituents is 1. The Morgan fingerprint density at radius 3 is 2.62 bits per heavy atom. The van der Waals surface area contributed by atoms with Gasteiger partial charge in [0.1, 0.15) is 11.6 Å². The summed E-state index contributed by atoms with van der Waals surface area (Å²) >= 11 is 5.94. The van der Waals surface area contributed by atoms with Crippen LogP contribution >= 0.6 is 11.6 Å². The number of carbonyl (C=O) groups is 2. The lowest BCUT2D eigenvalue weighted by Crippen LogP contribution is -2.36. The minimum Gasteiger partial charge on any atom is -0.376 e. The second-order valence-corrected chi connectivity index (χ2v) is 6.15. The first-order valence-corrected chi connectivity index (χ1v) is 8.10. The van der Waals surface area contributed by atoms with Crippen LogP contribution in [0.2, 0.25) is 5.02 Å². The lowest BCUT2D eigenvalue weighted by molar-refractivity contribution is -0.384. The molecule has 1 fully saturated rings. The second kappa shape index (κ2) is 8.31. The third-order valence-corrected chi connectivity index (χ3v) is 4.35. The number of anilines is 1. The van der Waals surface area contributed by atoms with Crippen LogP contribution in [-0.4, -0.2) is 34.7 Å². The normalized spacial score (nSPS) is 15.2. The standard InChI is InChI=1S/C16H16ClN5O4/c17-13-2-1-12(22(25)26)7-14(13)20-16(24)11(8-18)9-21-5-3-10(4-6-21)15(19)23/h1-2,7,9-10H,3-6H2,(H2,19,23)(H,20,24)/b11-9-. The summed E-state index contributed by atoms with van der Waals surface area (Å²) in [5.41, 5.74) is 4.90. The van der Waals surface area contributed by atoms with Gasteiger partial charge in [-0.1, -0.05) is 11.6 Å². The number of nitro benzene ring substituents is 1. The van der Waals surface area contributed by atoms with Gasteiger partial charge >= 0.3 is 0 Å². The molecule has 0 aromatic heterocycles. The number of primary amides is 1. The molecule has 1 saturated heterocycles. The molecule has 0 spiro atoms. The first kappa shape index (κ1) is 19.2. The number of nitrogens with zero attached hydrogens (tertiary/aromatic N) is 3. The third-order valence-electron chi connectivity index (χ3n) is 4.02. The molecule has 136 valence electrons. The molecule has 1 aromatic carbocycles. The van der Waals surface area contributed by atoms with E-state index < -0.39 is 10.8 Å². The van der Waals surface area contributed by atoms with Gasteiger partial charge in [-0.2, -0.15) is 5.26 Å². The van der Waals surface area contributed by atoms with Crippen molar-refractivity contribution in [3.8, 4) is 6.07 Å². The quantitative estimate of drug-likeness (QED) is 0.346. The van der Waals surface area contributed by atoms with Crippen molar-refractivity contribution in [2.75, 3.05) is 18.4 Å². The van der Waals surface area contributed by atoms with E-state index in [2.05, 4.69) is 5.32 Å². The highest BCUT2D eigenvalue weighted by atomic mass is 35.5. The van der Waals surface area contributed by atoms with Crippen LogP contribution in [0.1, 0.15) is 12.8 Å². The maximum absolute atomic E-state index is 12.3. The highest BCUT2D eigenvalue weighted by Crippen LogP contribution is 2.27. The zero-order valence-corrected chi connectivity index (χ0v) is 14.4. The Bertz CT molecular complexity index is 809. The van der Waals surface area contributed by atoms with Crippen LogP contribution in [0, 0.1) is 27.4 Å². The predicted octanol–water partition coefficient (Wildman–Crippen LogP) is 1.79. The minimum absolute atomic E-state index is 0.0412. The highest BCUT2D eigenvalue weighted by molar-refractivity contribution is 6.34. The molecule has 0 aliphatic carbocycles. The van der Waals surface area contributed by atoms with E-state index in [1.807, 2.05) is 0 Å². The summed E-state index contributed by atoms with van der Waals surface area (Å²) in [7, 11) is 0. The van der Waals surface area contributed by atoms with Crippen LogP contribution in [0.4, 0.5) is 11.4 Å². The molecular formula is C16H16ClN5O4. The second-order valence-electron chi connectivity index (χ2n) is 5.74. The Hall–Kier alpha value is -3.12. The zero-order valence-electron chi connectivity index (χ0n) is 13.6. The van der Waals surface area contributed by atoms with Crippen molar-refractivity contribution in [1.29, 1.82) is 5.26 Å². The molecule has 2 amide bonds. The average molecular weight is 378 g/mol. The van der Waals surface area contributed by atoms with E-state index >= 15 is 0 Å². The van der Waals surface area contributed by atoms with Gasteiger partial charge in [0.15, 0.2) is 0 Å². The summed E-state index contributed by atoms with van der Waals surface area (Å²) < 4.78 is 0. The summed E-state index contributed by atoms with van der Waals surface area (Å²) in [5.74, 6) is -1.29. The summed E-state index contributed by atoms with van der Waals surface area (Å²) in [5, 5.41) is 22.6. The fourth-order valence-corrected chi connectivity index (χ4v) is 2.71. The van der Waals surface area contributed by atoms with E-state index in [-0.39, 0.29) is 33.8 Å². The number of hydrogen-bond acceptors (Lipinski definition) is 6. The topological polar surface area (TPSA) is 142 Å². The number of nitrogens with one attached hydrogen (secondary N) is 1. The molecule has 0 atom stereocenters. The summed E-state index contributed by atoms with van der Waals surface area (Å²) in [6.07, 6.45) is 2.49. The number of carbonyl (C=O) groups excluding carboxylic acids is 2. The van der Waals surface area contributed by atoms with Gasteiger partial charge in [0.05, 0.1) is 15.6 Å². The molecule has 1 aliphatic rings. The zero-order chi connectivity index (χ0) is 19.3. The van der Waals surface area contributed by atoms with Crippen molar-refractivity contribution in [2.24, 2.45) is 11.7 Å². The Labute approximate surface area is 154 Å². The van der Waals surface area contributed by atoms with Crippen LogP contribution in [0.3, 0.4) is 0 Å². The van der Waals surface area contributed by atoms with Crippen molar-refractivity contribution in [3.63, 3.8) is 0 Å². The number of nitriles is 1. The number of benzene rings is 1. The van der Waals surface area contributed by atoms with E-state index in [1.54, 1.807) is 11.0 Å². The first-order chi connectivity index (χ1) is 12.3. The van der Waals surface area contributed by atoms with Crippen molar-refractivity contribution in [3.05, 3.63) is 45.1 Å². The molecule has 0 unspecified atom stereocenters. The summed E-state index contributed by atoms with van der Waals surface area (Å²) in [6, 6.07) is 5.42. The maximum Gasteiger partial charge on any atom is 0.271 e. The highest BCUT2D eigenvalue weighted by Gasteiger charge is 2.23. The lowest BCUT2D eigenvalue weighted by atomic mass is 9.96. The molecule has 1 aliphatic heterocycles. The number of likely N-dealkylation sites (tertiary alicyclic amines) is 1. The van der Waals surface area contributed by atoms with Gasteiger partial charge < -0.3 is 16.0 Å². The lowest BCUT2D eigenvalue weighted by Gasteiger charge is -2.29.